The summed E-state index contributed by atoms with van der Waals surface area (Å²) in [6.45, 7) is 8.01. The SMILES string of the molecule is C=C.O=C1CC2CNCC1C2. The Morgan fingerprint density at radius 2 is 2.09 bits per heavy atom. The van der Waals surface area contributed by atoms with Crippen LogP contribution >= 0.6 is 0 Å². The maximum atomic E-state index is 11.0. The minimum Gasteiger partial charge on any atom is -0.316 e. The maximum Gasteiger partial charge on any atom is 0.137 e. The molecule has 2 unspecified atom stereocenters. The van der Waals surface area contributed by atoms with Gasteiger partial charge in [0.15, 0.2) is 0 Å². The Hall–Kier alpha value is -0.630. The molecule has 2 atom stereocenters. The van der Waals surface area contributed by atoms with E-state index in [-0.39, 0.29) is 0 Å². The summed E-state index contributed by atoms with van der Waals surface area (Å²) >= 11 is 0. The van der Waals surface area contributed by atoms with Gasteiger partial charge in [0, 0.05) is 18.9 Å². The zero-order valence-electron chi connectivity index (χ0n) is 6.81. The number of fused-ring (bicyclic) bond motifs is 2. The number of carbonyl (C=O) groups excluding carboxylic acids is 1. The molecule has 11 heavy (non-hydrogen) atoms. The van der Waals surface area contributed by atoms with Gasteiger partial charge in [0.1, 0.15) is 5.78 Å². The Balaban J connectivity index is 0.000000281. The first-order chi connectivity index (χ1) is 5.36. The summed E-state index contributed by atoms with van der Waals surface area (Å²) in [4.78, 5) is 11.0. The van der Waals surface area contributed by atoms with Gasteiger partial charge in [-0.2, -0.15) is 0 Å². The molecule has 0 radical (unpaired) electrons. The summed E-state index contributed by atoms with van der Waals surface area (Å²) in [5.74, 6) is 1.55. The minimum absolute atomic E-state index is 0.378. The lowest BCUT2D eigenvalue weighted by Crippen LogP contribution is -2.31. The van der Waals surface area contributed by atoms with Crippen LogP contribution in [-0.4, -0.2) is 18.9 Å². The van der Waals surface area contributed by atoms with Crippen molar-refractivity contribution in [3.05, 3.63) is 13.2 Å². The number of hydrogen-bond acceptors (Lipinski definition) is 2. The fourth-order valence-corrected chi connectivity index (χ4v) is 1.88. The minimum atomic E-state index is 0.378. The Morgan fingerprint density at radius 3 is 2.64 bits per heavy atom. The van der Waals surface area contributed by atoms with Gasteiger partial charge < -0.3 is 5.32 Å². The van der Waals surface area contributed by atoms with Crippen molar-refractivity contribution in [2.45, 2.75) is 12.8 Å². The zero-order chi connectivity index (χ0) is 8.27. The smallest absolute Gasteiger partial charge is 0.137 e. The third-order valence-electron chi connectivity index (χ3n) is 2.39. The second kappa shape index (κ2) is 3.67. The molecule has 2 rings (SSSR count). The van der Waals surface area contributed by atoms with Crippen LogP contribution in [0.5, 0.6) is 0 Å². The molecule has 1 aliphatic heterocycles. The molecule has 2 aliphatic rings. The first-order valence-corrected chi connectivity index (χ1v) is 4.09. The van der Waals surface area contributed by atoms with Crippen molar-refractivity contribution < 1.29 is 4.79 Å². The van der Waals surface area contributed by atoms with E-state index in [2.05, 4.69) is 18.5 Å². The third kappa shape index (κ3) is 1.69. The first kappa shape index (κ1) is 8.47. The van der Waals surface area contributed by atoms with Crippen LogP contribution in [-0.2, 0) is 4.79 Å². The monoisotopic (exact) mass is 153 g/mol. The van der Waals surface area contributed by atoms with Gasteiger partial charge >= 0.3 is 0 Å². The molecule has 62 valence electrons. The average molecular weight is 153 g/mol. The van der Waals surface area contributed by atoms with E-state index < -0.39 is 0 Å². The van der Waals surface area contributed by atoms with Crippen LogP contribution in [0.25, 0.3) is 0 Å². The van der Waals surface area contributed by atoms with Gasteiger partial charge in [0.25, 0.3) is 0 Å². The van der Waals surface area contributed by atoms with Gasteiger partial charge in [0.2, 0.25) is 0 Å². The summed E-state index contributed by atoms with van der Waals surface area (Å²) in [6, 6.07) is 0. The topological polar surface area (TPSA) is 29.1 Å². The summed E-state index contributed by atoms with van der Waals surface area (Å²) < 4.78 is 0. The van der Waals surface area contributed by atoms with E-state index in [9.17, 15) is 4.79 Å². The van der Waals surface area contributed by atoms with Gasteiger partial charge in [-0.25, -0.2) is 0 Å². The molecule has 0 aromatic rings. The molecule has 1 saturated heterocycles. The number of hydrogen-bond donors (Lipinski definition) is 1. The Kier molecular flexibility index (Phi) is 2.83. The van der Waals surface area contributed by atoms with E-state index in [0.717, 1.165) is 25.9 Å². The van der Waals surface area contributed by atoms with Gasteiger partial charge in [-0.1, -0.05) is 0 Å². The lowest BCUT2D eigenvalue weighted by Gasteiger charge is -2.17. The summed E-state index contributed by atoms with van der Waals surface area (Å²) in [5.41, 5.74) is 0. The van der Waals surface area contributed by atoms with E-state index in [4.69, 9.17) is 0 Å². The lowest BCUT2D eigenvalue weighted by molar-refractivity contribution is -0.120. The molecule has 0 spiro atoms. The van der Waals surface area contributed by atoms with Crippen LogP contribution in [0.3, 0.4) is 0 Å². The van der Waals surface area contributed by atoms with Crippen LogP contribution in [0, 0.1) is 11.8 Å². The number of piperidine rings is 1. The first-order valence-electron chi connectivity index (χ1n) is 4.09. The molecular weight excluding hydrogens is 138 g/mol. The van der Waals surface area contributed by atoms with Crippen LogP contribution in [0.2, 0.25) is 0 Å². The van der Waals surface area contributed by atoms with Crippen LogP contribution in [0.15, 0.2) is 13.2 Å². The van der Waals surface area contributed by atoms with Crippen LogP contribution in [0.1, 0.15) is 12.8 Å². The molecule has 0 amide bonds. The number of rotatable bonds is 0. The van der Waals surface area contributed by atoms with Gasteiger partial charge in [-0.15, -0.1) is 13.2 Å². The van der Waals surface area contributed by atoms with Crippen molar-refractivity contribution in [2.24, 2.45) is 11.8 Å². The molecule has 1 N–H and O–H groups in total. The fourth-order valence-electron chi connectivity index (χ4n) is 1.88. The molecule has 2 heteroatoms. The van der Waals surface area contributed by atoms with Crippen molar-refractivity contribution in [1.29, 1.82) is 0 Å². The maximum absolute atomic E-state index is 11.0. The highest BCUT2D eigenvalue weighted by atomic mass is 16.1. The molecule has 1 aliphatic carbocycles. The molecule has 2 fully saturated rings. The second-order valence-corrected chi connectivity index (χ2v) is 3.13. The fraction of sp³-hybridized carbons (Fsp3) is 0.667. The molecule has 2 nitrogen and oxygen atoms in total. The third-order valence-corrected chi connectivity index (χ3v) is 2.39. The van der Waals surface area contributed by atoms with Crippen LogP contribution in [0.4, 0.5) is 0 Å². The van der Waals surface area contributed by atoms with E-state index in [1.807, 2.05) is 0 Å². The summed E-state index contributed by atoms with van der Waals surface area (Å²) in [5, 5.41) is 3.26. The van der Waals surface area contributed by atoms with E-state index in [1.54, 1.807) is 0 Å². The zero-order valence-corrected chi connectivity index (χ0v) is 6.81. The van der Waals surface area contributed by atoms with Crippen molar-refractivity contribution in [1.82, 2.24) is 5.32 Å². The van der Waals surface area contributed by atoms with Crippen molar-refractivity contribution in [2.75, 3.05) is 13.1 Å². The quantitative estimate of drug-likeness (QED) is 0.526. The molecule has 1 heterocycles. The predicted molar refractivity (Wildman–Crippen MR) is 45.3 cm³/mol. The van der Waals surface area contributed by atoms with E-state index >= 15 is 0 Å². The normalized spacial score (nSPS) is 34.4. The summed E-state index contributed by atoms with van der Waals surface area (Å²) in [7, 11) is 0. The highest BCUT2D eigenvalue weighted by Crippen LogP contribution is 2.29. The number of Topliss-reactive ketones (excluding diaryl/α,β-unsaturated/α-hetero) is 1. The number of ketones is 1. The standard InChI is InChI=1S/C7H11NO.C2H4/c9-7-2-5-1-6(7)4-8-3-5;1-2/h5-6,8H,1-4H2;1-2H2. The molecule has 0 aromatic carbocycles. The van der Waals surface area contributed by atoms with Crippen molar-refractivity contribution in [3.63, 3.8) is 0 Å². The number of carbonyl (C=O) groups is 1. The summed E-state index contributed by atoms with van der Waals surface area (Å²) in [6.07, 6.45) is 2.00. The Morgan fingerprint density at radius 1 is 1.36 bits per heavy atom. The molecule has 2 bridgehead atoms. The molecular formula is C9H15NO. The van der Waals surface area contributed by atoms with Gasteiger partial charge in [0.05, 0.1) is 0 Å². The second-order valence-electron chi connectivity index (χ2n) is 3.13. The van der Waals surface area contributed by atoms with Gasteiger partial charge in [-0.3, -0.25) is 4.79 Å². The largest absolute Gasteiger partial charge is 0.316 e. The number of nitrogens with one attached hydrogen (secondary N) is 1. The Labute approximate surface area is 67.7 Å². The van der Waals surface area contributed by atoms with E-state index in [0.29, 0.717) is 17.6 Å². The lowest BCUT2D eigenvalue weighted by atomic mass is 10.0. The molecule has 0 aromatic heterocycles. The van der Waals surface area contributed by atoms with Crippen molar-refractivity contribution >= 4 is 5.78 Å². The van der Waals surface area contributed by atoms with E-state index in [1.165, 1.54) is 0 Å². The highest BCUT2D eigenvalue weighted by molar-refractivity contribution is 5.83. The highest BCUT2D eigenvalue weighted by Gasteiger charge is 2.34. The predicted octanol–water partition coefficient (Wildman–Crippen LogP) is 0.987. The van der Waals surface area contributed by atoms with Crippen LogP contribution < -0.4 is 5.32 Å². The molecule has 1 saturated carbocycles. The average Bonchev–Trinajstić information content (AvgIpc) is 2.31. The van der Waals surface area contributed by atoms with Crippen molar-refractivity contribution in [3.8, 4) is 0 Å². The van der Waals surface area contributed by atoms with Gasteiger partial charge in [-0.05, 0) is 18.9 Å². The Bertz CT molecular complexity index is 156.